The van der Waals surface area contributed by atoms with Gasteiger partial charge in [-0.3, -0.25) is 14.5 Å². The van der Waals surface area contributed by atoms with Crippen LogP contribution < -0.4 is 10.6 Å². The Bertz CT molecular complexity index is 997. The Balaban J connectivity index is 1.78. The van der Waals surface area contributed by atoms with Crippen LogP contribution in [-0.4, -0.2) is 29.3 Å². The minimum Gasteiger partial charge on any atom is -0.322 e. The van der Waals surface area contributed by atoms with Crippen LogP contribution in [0.1, 0.15) is 18.1 Å². The number of nitrogens with one attached hydrogen (secondary N) is 2. The Kier molecular flexibility index (Phi) is 5.27. The van der Waals surface area contributed by atoms with Crippen LogP contribution in [0.4, 0.5) is 10.5 Å². The molecule has 3 rings (SSSR count). The van der Waals surface area contributed by atoms with E-state index in [9.17, 15) is 14.4 Å². The third-order valence-electron chi connectivity index (χ3n) is 4.40. The standard InChI is InChI=1S/C19H14Cl2N4O3/c1-19(12-7-5-11(9-22)6-8-12)17(27)25(18(28)24-19)10-15(26)23-16-13(20)3-2-4-14(16)21/h2-8H,10H2,1H3,(H,23,26)(H,24,28). The van der Waals surface area contributed by atoms with E-state index >= 15 is 0 Å². The van der Waals surface area contributed by atoms with Crippen LogP contribution in [0.25, 0.3) is 0 Å². The fourth-order valence-electron chi connectivity index (χ4n) is 2.85. The summed E-state index contributed by atoms with van der Waals surface area (Å²) in [5.74, 6) is -1.20. The van der Waals surface area contributed by atoms with Gasteiger partial charge in [-0.1, -0.05) is 41.4 Å². The highest BCUT2D eigenvalue weighted by Gasteiger charge is 2.49. The van der Waals surface area contributed by atoms with E-state index in [-0.39, 0.29) is 15.7 Å². The first kappa shape index (κ1) is 19.7. The van der Waals surface area contributed by atoms with Crippen LogP contribution in [0.3, 0.4) is 0 Å². The zero-order valence-corrected chi connectivity index (χ0v) is 16.1. The summed E-state index contributed by atoms with van der Waals surface area (Å²) in [5.41, 5.74) is -0.204. The van der Waals surface area contributed by atoms with Gasteiger partial charge in [-0.15, -0.1) is 0 Å². The van der Waals surface area contributed by atoms with Crippen molar-refractivity contribution < 1.29 is 14.4 Å². The lowest BCUT2D eigenvalue weighted by Crippen LogP contribution is -2.42. The number of anilines is 1. The molecule has 2 aromatic carbocycles. The Morgan fingerprint density at radius 2 is 1.79 bits per heavy atom. The SMILES string of the molecule is CC1(c2ccc(C#N)cc2)NC(=O)N(CC(=O)Nc2c(Cl)cccc2Cl)C1=O. The van der Waals surface area contributed by atoms with Gasteiger partial charge in [-0.05, 0) is 36.8 Å². The third kappa shape index (κ3) is 3.52. The number of nitriles is 1. The maximum atomic E-state index is 12.9. The van der Waals surface area contributed by atoms with Crippen molar-refractivity contribution in [3.8, 4) is 6.07 Å². The normalized spacial score (nSPS) is 18.6. The molecule has 0 aliphatic carbocycles. The summed E-state index contributed by atoms with van der Waals surface area (Å²) >= 11 is 12.0. The lowest BCUT2D eigenvalue weighted by Gasteiger charge is -2.22. The molecule has 0 radical (unpaired) electrons. The molecule has 0 saturated carbocycles. The van der Waals surface area contributed by atoms with Crippen molar-refractivity contribution in [2.45, 2.75) is 12.5 Å². The number of para-hydroxylation sites is 1. The molecule has 1 saturated heterocycles. The summed E-state index contributed by atoms with van der Waals surface area (Å²) in [5, 5.41) is 14.5. The lowest BCUT2D eigenvalue weighted by molar-refractivity contribution is -0.133. The molecule has 142 valence electrons. The number of imide groups is 1. The van der Waals surface area contributed by atoms with Gasteiger partial charge in [0.1, 0.15) is 12.1 Å². The molecule has 28 heavy (non-hydrogen) atoms. The van der Waals surface area contributed by atoms with Gasteiger partial charge < -0.3 is 10.6 Å². The largest absolute Gasteiger partial charge is 0.325 e. The predicted octanol–water partition coefficient (Wildman–Crippen LogP) is 3.27. The quantitative estimate of drug-likeness (QED) is 0.746. The molecule has 9 heteroatoms. The Morgan fingerprint density at radius 3 is 2.36 bits per heavy atom. The van der Waals surface area contributed by atoms with Gasteiger partial charge in [0.15, 0.2) is 0 Å². The summed E-state index contributed by atoms with van der Waals surface area (Å²) in [4.78, 5) is 38.4. The van der Waals surface area contributed by atoms with E-state index in [1.54, 1.807) is 42.5 Å². The fourth-order valence-corrected chi connectivity index (χ4v) is 3.35. The minimum absolute atomic E-state index is 0.206. The maximum Gasteiger partial charge on any atom is 0.325 e. The zero-order chi connectivity index (χ0) is 20.5. The maximum absolute atomic E-state index is 12.9. The number of amides is 4. The van der Waals surface area contributed by atoms with Crippen molar-refractivity contribution in [2.24, 2.45) is 0 Å². The number of carbonyl (C=O) groups is 3. The monoisotopic (exact) mass is 416 g/mol. The number of nitrogens with zero attached hydrogens (tertiary/aromatic N) is 2. The van der Waals surface area contributed by atoms with E-state index in [0.717, 1.165) is 4.90 Å². The molecule has 0 bridgehead atoms. The van der Waals surface area contributed by atoms with Gasteiger partial charge in [-0.25, -0.2) is 4.79 Å². The number of rotatable bonds is 4. The van der Waals surface area contributed by atoms with E-state index in [2.05, 4.69) is 10.6 Å². The second-order valence-corrected chi connectivity index (χ2v) is 7.09. The molecule has 7 nitrogen and oxygen atoms in total. The Labute approximate surface area is 170 Å². The van der Waals surface area contributed by atoms with Gasteiger partial charge in [0.05, 0.1) is 27.4 Å². The van der Waals surface area contributed by atoms with E-state index in [0.29, 0.717) is 11.1 Å². The molecule has 0 spiro atoms. The van der Waals surface area contributed by atoms with Crippen molar-refractivity contribution in [2.75, 3.05) is 11.9 Å². The topological polar surface area (TPSA) is 102 Å². The van der Waals surface area contributed by atoms with Crippen LogP contribution in [-0.2, 0) is 15.1 Å². The van der Waals surface area contributed by atoms with E-state index in [1.165, 1.54) is 6.92 Å². The minimum atomic E-state index is -1.34. The first-order valence-corrected chi connectivity index (χ1v) is 8.90. The van der Waals surface area contributed by atoms with Crippen LogP contribution >= 0.6 is 23.2 Å². The summed E-state index contributed by atoms with van der Waals surface area (Å²) in [6, 6.07) is 12.3. The summed E-state index contributed by atoms with van der Waals surface area (Å²) < 4.78 is 0. The number of hydrogen-bond acceptors (Lipinski definition) is 4. The van der Waals surface area contributed by atoms with Gasteiger partial charge in [0.25, 0.3) is 5.91 Å². The fraction of sp³-hybridized carbons (Fsp3) is 0.158. The van der Waals surface area contributed by atoms with Crippen LogP contribution in [0.2, 0.25) is 10.0 Å². The van der Waals surface area contributed by atoms with Gasteiger partial charge >= 0.3 is 6.03 Å². The molecule has 1 heterocycles. The molecular formula is C19H14Cl2N4O3. The van der Waals surface area contributed by atoms with Crippen LogP contribution in [0.15, 0.2) is 42.5 Å². The highest BCUT2D eigenvalue weighted by Crippen LogP contribution is 2.31. The van der Waals surface area contributed by atoms with Crippen molar-refractivity contribution in [3.63, 3.8) is 0 Å². The molecule has 2 N–H and O–H groups in total. The molecule has 1 aliphatic rings. The number of halogens is 2. The molecule has 4 amide bonds. The summed E-state index contributed by atoms with van der Waals surface area (Å²) in [6.07, 6.45) is 0. The molecule has 1 aliphatic heterocycles. The highest BCUT2D eigenvalue weighted by molar-refractivity contribution is 6.39. The van der Waals surface area contributed by atoms with E-state index < -0.39 is 29.9 Å². The van der Waals surface area contributed by atoms with Crippen LogP contribution in [0.5, 0.6) is 0 Å². The number of carbonyl (C=O) groups excluding carboxylic acids is 3. The Morgan fingerprint density at radius 1 is 1.18 bits per heavy atom. The molecule has 0 aromatic heterocycles. The van der Waals surface area contributed by atoms with E-state index in [1.807, 2.05) is 6.07 Å². The van der Waals surface area contributed by atoms with Gasteiger partial charge in [-0.2, -0.15) is 5.26 Å². The van der Waals surface area contributed by atoms with Crippen molar-refractivity contribution >= 4 is 46.7 Å². The number of urea groups is 1. The first-order valence-electron chi connectivity index (χ1n) is 8.15. The molecule has 1 fully saturated rings. The zero-order valence-electron chi connectivity index (χ0n) is 14.6. The molecule has 1 atom stereocenters. The lowest BCUT2D eigenvalue weighted by atomic mass is 9.91. The smallest absolute Gasteiger partial charge is 0.322 e. The average molecular weight is 417 g/mol. The number of hydrogen-bond donors (Lipinski definition) is 2. The molecule has 2 aromatic rings. The number of benzene rings is 2. The van der Waals surface area contributed by atoms with Gasteiger partial charge in [0, 0.05) is 0 Å². The summed E-state index contributed by atoms with van der Waals surface area (Å²) in [6.45, 7) is 1.04. The van der Waals surface area contributed by atoms with E-state index in [4.69, 9.17) is 28.5 Å². The molecule has 1 unspecified atom stereocenters. The second-order valence-electron chi connectivity index (χ2n) is 6.28. The highest BCUT2D eigenvalue weighted by atomic mass is 35.5. The average Bonchev–Trinajstić information content (AvgIpc) is 2.89. The Hall–Kier alpha value is -3.08. The van der Waals surface area contributed by atoms with Crippen molar-refractivity contribution in [3.05, 3.63) is 63.6 Å². The molecular weight excluding hydrogens is 403 g/mol. The van der Waals surface area contributed by atoms with Crippen LogP contribution in [0, 0.1) is 11.3 Å². The second kappa shape index (κ2) is 7.50. The first-order chi connectivity index (χ1) is 13.3. The van der Waals surface area contributed by atoms with Crippen molar-refractivity contribution in [1.29, 1.82) is 5.26 Å². The van der Waals surface area contributed by atoms with Gasteiger partial charge in [0.2, 0.25) is 5.91 Å². The van der Waals surface area contributed by atoms with Crippen molar-refractivity contribution in [1.82, 2.24) is 10.2 Å². The summed E-state index contributed by atoms with van der Waals surface area (Å²) in [7, 11) is 0. The third-order valence-corrected chi connectivity index (χ3v) is 5.03. The predicted molar refractivity (Wildman–Crippen MR) is 104 cm³/mol.